The minimum absolute atomic E-state index is 0.0974. The average molecular weight is 470 g/mol. The van der Waals surface area contributed by atoms with Crippen LogP contribution in [0.1, 0.15) is 61.5 Å². The number of amides is 2. The van der Waals surface area contributed by atoms with Gasteiger partial charge in [-0.1, -0.05) is 43.4 Å². The van der Waals surface area contributed by atoms with E-state index in [9.17, 15) is 9.59 Å². The van der Waals surface area contributed by atoms with Gasteiger partial charge >= 0.3 is 0 Å². The Morgan fingerprint density at radius 2 is 1.94 bits per heavy atom. The lowest BCUT2D eigenvalue weighted by atomic mass is 9.92. The van der Waals surface area contributed by atoms with E-state index in [1.165, 1.54) is 12.8 Å². The minimum atomic E-state index is -1.07. The second-order valence-corrected chi connectivity index (χ2v) is 10.6. The molecule has 0 bridgehead atoms. The number of hydrogen-bond donors (Lipinski definition) is 1. The average Bonchev–Trinajstić information content (AvgIpc) is 3.26. The van der Waals surface area contributed by atoms with E-state index in [0.29, 0.717) is 22.9 Å². The molecule has 2 amide bonds. The molecular weight excluding hydrogens is 442 g/mol. The van der Waals surface area contributed by atoms with Crippen molar-refractivity contribution in [2.75, 3.05) is 4.90 Å². The van der Waals surface area contributed by atoms with Crippen LogP contribution < -0.4 is 10.2 Å². The summed E-state index contributed by atoms with van der Waals surface area (Å²) in [5, 5.41) is 5.93. The fourth-order valence-corrected chi connectivity index (χ4v) is 6.19. The predicted molar refractivity (Wildman–Crippen MR) is 131 cm³/mol. The Labute approximate surface area is 197 Å². The lowest BCUT2D eigenvalue weighted by Crippen LogP contribution is -2.65. The lowest BCUT2D eigenvalue weighted by molar-refractivity contribution is -0.127. The zero-order chi connectivity index (χ0) is 22.5. The van der Waals surface area contributed by atoms with Crippen molar-refractivity contribution in [3.8, 4) is 0 Å². The van der Waals surface area contributed by atoms with Gasteiger partial charge < -0.3 is 9.88 Å². The predicted octanol–water partition coefficient (Wildman–Crippen LogP) is 5.92. The molecule has 2 aromatic heterocycles. The van der Waals surface area contributed by atoms with Crippen LogP contribution in [0, 0.1) is 6.92 Å². The topological polar surface area (TPSA) is 54.3 Å². The summed E-state index contributed by atoms with van der Waals surface area (Å²) < 4.78 is 3.07. The number of nitrogens with zero attached hydrogens (tertiary/aromatic N) is 2. The van der Waals surface area contributed by atoms with Crippen molar-refractivity contribution < 1.29 is 9.59 Å². The van der Waals surface area contributed by atoms with Crippen LogP contribution in [-0.4, -0.2) is 28.0 Å². The molecule has 0 saturated heterocycles. The third-order valence-corrected chi connectivity index (χ3v) is 8.33. The van der Waals surface area contributed by atoms with E-state index in [2.05, 4.69) is 5.32 Å². The smallest absolute Gasteiger partial charge is 0.275 e. The molecule has 0 unspecified atom stereocenters. The Kier molecular flexibility index (Phi) is 5.54. The number of thiophene rings is 1. The Morgan fingerprint density at radius 1 is 1.19 bits per heavy atom. The lowest BCUT2D eigenvalue weighted by Gasteiger charge is -2.45. The van der Waals surface area contributed by atoms with Crippen LogP contribution in [0.25, 0.3) is 10.2 Å². The van der Waals surface area contributed by atoms with E-state index in [4.69, 9.17) is 11.6 Å². The molecule has 5 rings (SSSR count). The van der Waals surface area contributed by atoms with Crippen molar-refractivity contribution >= 4 is 50.7 Å². The number of benzene rings is 1. The number of aromatic nitrogens is 1. The number of anilines is 1. The van der Waals surface area contributed by atoms with Gasteiger partial charge in [0.25, 0.3) is 5.91 Å². The third-order valence-electron chi connectivity index (χ3n) is 7.06. The zero-order valence-corrected chi connectivity index (χ0v) is 20.1. The summed E-state index contributed by atoms with van der Waals surface area (Å²) in [6.07, 6.45) is 6.70. The molecule has 7 heteroatoms. The Bertz CT molecular complexity index is 1190. The highest BCUT2D eigenvalue weighted by molar-refractivity contribution is 7.17. The monoisotopic (exact) mass is 469 g/mol. The maximum absolute atomic E-state index is 13.9. The quantitative estimate of drug-likeness (QED) is 0.484. The van der Waals surface area contributed by atoms with Crippen LogP contribution in [0.15, 0.2) is 35.7 Å². The van der Waals surface area contributed by atoms with Crippen LogP contribution in [0.2, 0.25) is 5.02 Å². The molecule has 1 aromatic carbocycles. The van der Waals surface area contributed by atoms with Crippen LogP contribution in [0.5, 0.6) is 0 Å². The normalized spacial score (nSPS) is 22.1. The van der Waals surface area contributed by atoms with Crippen molar-refractivity contribution in [3.05, 3.63) is 52.0 Å². The summed E-state index contributed by atoms with van der Waals surface area (Å²) >= 11 is 8.04. The second-order valence-electron chi connectivity index (χ2n) is 9.25. The van der Waals surface area contributed by atoms with E-state index in [-0.39, 0.29) is 17.9 Å². The summed E-state index contributed by atoms with van der Waals surface area (Å²) in [6.45, 7) is 4.19. The first-order valence-corrected chi connectivity index (χ1v) is 12.6. The molecule has 1 aliphatic heterocycles. The molecule has 0 radical (unpaired) electrons. The van der Waals surface area contributed by atoms with Crippen molar-refractivity contribution in [1.82, 2.24) is 9.88 Å². The fourth-order valence-electron chi connectivity index (χ4n) is 5.19. The zero-order valence-electron chi connectivity index (χ0n) is 18.5. The minimum Gasteiger partial charge on any atom is -0.351 e. The van der Waals surface area contributed by atoms with E-state index in [0.717, 1.165) is 41.5 Å². The second kappa shape index (κ2) is 8.23. The highest BCUT2D eigenvalue weighted by Gasteiger charge is 2.49. The molecule has 1 atom stereocenters. The van der Waals surface area contributed by atoms with Gasteiger partial charge in [-0.25, -0.2) is 0 Å². The molecule has 2 aliphatic rings. The molecule has 1 fully saturated rings. The maximum atomic E-state index is 13.9. The maximum Gasteiger partial charge on any atom is 0.275 e. The highest BCUT2D eigenvalue weighted by atomic mass is 35.5. The molecule has 1 N–H and O–H groups in total. The van der Waals surface area contributed by atoms with E-state index >= 15 is 0 Å². The number of halogens is 1. The van der Waals surface area contributed by atoms with Gasteiger partial charge in [-0.3, -0.25) is 14.5 Å². The molecular formula is C25H28ClN3O2S. The number of fused-ring (bicyclic) bond motifs is 3. The van der Waals surface area contributed by atoms with Crippen molar-refractivity contribution in [1.29, 1.82) is 0 Å². The molecule has 3 heterocycles. The molecule has 5 nitrogen and oxygen atoms in total. The number of nitrogens with one attached hydrogen (secondary N) is 1. The number of hydrogen-bond acceptors (Lipinski definition) is 3. The summed E-state index contributed by atoms with van der Waals surface area (Å²) in [5.41, 5.74) is 2.05. The SMILES string of the molecule is Cc1c(Cl)cccc1N1C(=O)c2cc3sccc3n2C[C@@]1(C)C(=O)NC1CCCCCC1. The Morgan fingerprint density at radius 3 is 2.69 bits per heavy atom. The van der Waals surface area contributed by atoms with Gasteiger partial charge in [0, 0.05) is 16.8 Å². The third kappa shape index (κ3) is 3.44. The molecule has 1 saturated carbocycles. The van der Waals surface area contributed by atoms with Gasteiger partial charge in [0.1, 0.15) is 11.2 Å². The van der Waals surface area contributed by atoms with Gasteiger partial charge in [-0.2, -0.15) is 0 Å². The number of rotatable bonds is 3. The van der Waals surface area contributed by atoms with Crippen LogP contribution >= 0.6 is 22.9 Å². The molecule has 0 spiro atoms. The Hall–Kier alpha value is -2.31. The van der Waals surface area contributed by atoms with E-state index in [1.54, 1.807) is 16.2 Å². The molecule has 3 aromatic rings. The molecule has 168 valence electrons. The first-order chi connectivity index (χ1) is 15.4. The van der Waals surface area contributed by atoms with Crippen LogP contribution in [0.4, 0.5) is 5.69 Å². The van der Waals surface area contributed by atoms with Gasteiger partial charge in [0.15, 0.2) is 0 Å². The largest absolute Gasteiger partial charge is 0.351 e. The summed E-state index contributed by atoms with van der Waals surface area (Å²) in [5.74, 6) is -0.261. The first-order valence-electron chi connectivity index (χ1n) is 11.4. The summed E-state index contributed by atoms with van der Waals surface area (Å²) in [4.78, 5) is 29.5. The molecule has 1 aliphatic carbocycles. The number of carbonyl (C=O) groups excluding carboxylic acids is 2. The molecule has 32 heavy (non-hydrogen) atoms. The van der Waals surface area contributed by atoms with Gasteiger partial charge in [-0.05, 0) is 61.9 Å². The summed E-state index contributed by atoms with van der Waals surface area (Å²) in [6, 6.07) is 9.67. The number of carbonyl (C=O) groups is 2. The van der Waals surface area contributed by atoms with Gasteiger partial charge in [0.2, 0.25) is 5.91 Å². The highest BCUT2D eigenvalue weighted by Crippen LogP contribution is 2.39. The van der Waals surface area contributed by atoms with Crippen LogP contribution in [-0.2, 0) is 11.3 Å². The van der Waals surface area contributed by atoms with Gasteiger partial charge in [0.05, 0.1) is 16.8 Å². The van der Waals surface area contributed by atoms with E-state index in [1.807, 2.05) is 54.1 Å². The summed E-state index contributed by atoms with van der Waals surface area (Å²) in [7, 11) is 0. The fraction of sp³-hybridized carbons (Fsp3) is 0.440. The first kappa shape index (κ1) is 21.5. The van der Waals surface area contributed by atoms with Crippen molar-refractivity contribution in [2.45, 2.75) is 70.5 Å². The van der Waals surface area contributed by atoms with Crippen molar-refractivity contribution in [2.24, 2.45) is 0 Å². The van der Waals surface area contributed by atoms with Gasteiger partial charge in [-0.15, -0.1) is 11.3 Å². The Balaban J connectivity index is 1.61. The standard InChI is InChI=1S/C25H28ClN3O2S/c1-16-18(26)10-7-11-19(16)29-23(30)21-14-22-20(12-13-32-22)28(21)15-25(29,2)24(31)27-17-8-5-3-4-6-9-17/h7,10-14,17H,3-6,8-9,15H2,1-2H3,(H,27,31)/t25-/m0/s1. The van der Waals surface area contributed by atoms with Crippen molar-refractivity contribution in [3.63, 3.8) is 0 Å². The van der Waals surface area contributed by atoms with Crippen LogP contribution in [0.3, 0.4) is 0 Å². The van der Waals surface area contributed by atoms with E-state index < -0.39 is 5.54 Å².